The topological polar surface area (TPSA) is 434 Å². The molecule has 0 aromatic carbocycles. The van der Waals surface area contributed by atoms with Crippen LogP contribution in [-0.2, 0) is 49.9 Å². The number of nitrogens with two attached hydrogens (primary N) is 2. The lowest BCUT2D eigenvalue weighted by Gasteiger charge is -2.24. The molecule has 2 aliphatic rings. The van der Waals surface area contributed by atoms with Crippen LogP contribution >= 0.6 is 31.3 Å². The van der Waals surface area contributed by atoms with E-state index in [1.165, 1.54) is 10.9 Å². The molecule has 2 saturated heterocycles. The lowest BCUT2D eigenvalue weighted by molar-refractivity contribution is -0.0581. The van der Waals surface area contributed by atoms with Crippen LogP contribution in [-0.4, -0.2) is 129 Å². The molecule has 292 valence electrons. The number of aliphatic hydroxyl groups is 3. The Morgan fingerprint density at radius 3 is 1.68 bits per heavy atom. The van der Waals surface area contributed by atoms with Gasteiger partial charge in [-0.3, -0.25) is 22.7 Å². The molecular formula is C20H28N10O19P4. The van der Waals surface area contributed by atoms with Crippen LogP contribution in [0.2, 0.25) is 0 Å². The van der Waals surface area contributed by atoms with Crippen molar-refractivity contribution in [3.63, 3.8) is 0 Å². The van der Waals surface area contributed by atoms with E-state index in [0.717, 1.165) is 23.5 Å². The summed E-state index contributed by atoms with van der Waals surface area (Å²) in [6.07, 6.45) is -9.29. The Morgan fingerprint density at radius 1 is 0.642 bits per heavy atom. The van der Waals surface area contributed by atoms with Gasteiger partial charge in [-0.1, -0.05) is 0 Å². The van der Waals surface area contributed by atoms with Gasteiger partial charge in [0.1, 0.15) is 60.3 Å². The van der Waals surface area contributed by atoms with E-state index < -0.39 is 93.6 Å². The fraction of sp³-hybridized carbons (Fsp3) is 0.500. The van der Waals surface area contributed by atoms with Crippen LogP contribution in [0.25, 0.3) is 22.3 Å². The maximum atomic E-state index is 13.2. The molecule has 11 atom stereocenters. The standard InChI is InChI=1S/C20H28N10O19P4/c21-15-9-17(25-3-23-15)29(5-27-9)19-12(32)11(31)7(45-19)1-43-51(37,38)47-14-8(2-44-52(39,40)49-53(41,42)48-50(34,35)36)46-20(13(14)33)30-6-28-10-16(22)24-4-26-18(10)30/h3-8,11-14,19-20,31-33H,1-2H2,(H,37,38)(H,39,40)(H,41,42)(H2,21,23,25)(H2,22,24,26)(H2,34,35,36)/t7-,8-,11-,12-,13-,14-,19-,20-/m1/s1. The molecule has 0 amide bonds. The van der Waals surface area contributed by atoms with Crippen molar-refractivity contribution in [2.45, 2.75) is 49.1 Å². The van der Waals surface area contributed by atoms with Gasteiger partial charge in [0.05, 0.1) is 25.9 Å². The van der Waals surface area contributed by atoms with Crippen molar-refractivity contribution in [2.75, 3.05) is 24.7 Å². The molecule has 0 radical (unpaired) electrons. The van der Waals surface area contributed by atoms with Gasteiger partial charge in [-0.25, -0.2) is 48.2 Å². The first-order chi connectivity index (χ1) is 24.7. The average Bonchev–Trinajstić information content (AvgIpc) is 3.80. The van der Waals surface area contributed by atoms with Gasteiger partial charge in [-0.2, -0.15) is 8.62 Å². The number of imidazole rings is 2. The van der Waals surface area contributed by atoms with E-state index in [-0.39, 0.29) is 34.0 Å². The van der Waals surface area contributed by atoms with Crippen molar-refractivity contribution < 1.29 is 89.7 Å². The third-order valence-electron chi connectivity index (χ3n) is 7.44. The number of ether oxygens (including phenoxy) is 2. The maximum absolute atomic E-state index is 13.2. The molecule has 3 unspecified atom stereocenters. The van der Waals surface area contributed by atoms with Crippen LogP contribution in [0.5, 0.6) is 0 Å². The van der Waals surface area contributed by atoms with E-state index in [2.05, 4.69) is 43.0 Å². The molecule has 0 aliphatic carbocycles. The lowest BCUT2D eigenvalue weighted by Crippen LogP contribution is -2.37. The van der Waals surface area contributed by atoms with Gasteiger partial charge < -0.3 is 60.7 Å². The highest BCUT2D eigenvalue weighted by Gasteiger charge is 2.52. The van der Waals surface area contributed by atoms with Gasteiger partial charge >= 0.3 is 31.3 Å². The molecule has 33 heteroatoms. The third kappa shape index (κ3) is 8.64. The summed E-state index contributed by atoms with van der Waals surface area (Å²) < 4.78 is 84.1. The van der Waals surface area contributed by atoms with Gasteiger partial charge in [-0.05, 0) is 0 Å². The molecule has 0 spiro atoms. The Balaban J connectivity index is 1.18. The zero-order valence-corrected chi connectivity index (χ0v) is 29.5. The highest BCUT2D eigenvalue weighted by molar-refractivity contribution is 7.66. The third-order valence-corrected chi connectivity index (χ3v) is 12.2. The van der Waals surface area contributed by atoms with Gasteiger partial charge in [0.25, 0.3) is 0 Å². The largest absolute Gasteiger partial charge is 0.490 e. The van der Waals surface area contributed by atoms with Gasteiger partial charge in [0.15, 0.2) is 35.4 Å². The number of phosphoric acid groups is 4. The quantitative estimate of drug-likeness (QED) is 0.0589. The molecular weight excluding hydrogens is 808 g/mol. The number of aromatic nitrogens is 8. The predicted molar refractivity (Wildman–Crippen MR) is 166 cm³/mol. The van der Waals surface area contributed by atoms with E-state index in [9.17, 15) is 48.3 Å². The van der Waals surface area contributed by atoms with E-state index in [1.807, 2.05) is 0 Å². The normalized spacial score (nSPS) is 30.0. The van der Waals surface area contributed by atoms with Crippen LogP contribution in [0.4, 0.5) is 11.6 Å². The summed E-state index contributed by atoms with van der Waals surface area (Å²) in [6, 6.07) is 0. The lowest BCUT2D eigenvalue weighted by atomic mass is 10.1. The summed E-state index contributed by atoms with van der Waals surface area (Å²) in [6.45, 7) is -2.18. The first kappa shape index (κ1) is 39.7. The Bertz CT molecular complexity index is 2190. The minimum absolute atomic E-state index is 0.0133. The van der Waals surface area contributed by atoms with Crippen LogP contribution < -0.4 is 11.5 Å². The molecule has 6 heterocycles. The minimum Gasteiger partial charge on any atom is -0.387 e. The van der Waals surface area contributed by atoms with Gasteiger partial charge in [-0.15, -0.1) is 0 Å². The van der Waals surface area contributed by atoms with Gasteiger partial charge in [0.2, 0.25) is 0 Å². The average molecular weight is 836 g/mol. The van der Waals surface area contributed by atoms with Crippen LogP contribution in [0, 0.1) is 0 Å². The maximum Gasteiger partial charge on any atom is 0.490 e. The van der Waals surface area contributed by atoms with E-state index in [1.54, 1.807) is 0 Å². The smallest absolute Gasteiger partial charge is 0.387 e. The highest BCUT2D eigenvalue weighted by Crippen LogP contribution is 2.66. The van der Waals surface area contributed by atoms with Crippen molar-refractivity contribution in [3.8, 4) is 0 Å². The van der Waals surface area contributed by atoms with E-state index >= 15 is 0 Å². The number of anilines is 2. The zero-order chi connectivity index (χ0) is 38.7. The first-order valence-corrected chi connectivity index (χ1v) is 20.3. The van der Waals surface area contributed by atoms with Crippen LogP contribution in [0.1, 0.15) is 12.5 Å². The molecule has 4 aromatic heterocycles. The number of rotatable bonds is 14. The summed E-state index contributed by atoms with van der Waals surface area (Å²) in [5.41, 5.74) is 11.9. The molecule has 53 heavy (non-hydrogen) atoms. The molecule has 4 aromatic rings. The second-order valence-corrected chi connectivity index (χ2v) is 16.8. The molecule has 29 nitrogen and oxygen atoms in total. The molecule has 6 rings (SSSR count). The van der Waals surface area contributed by atoms with Crippen molar-refractivity contribution in [1.29, 1.82) is 0 Å². The number of hydrogen-bond donors (Lipinski definition) is 10. The Hall–Kier alpha value is -2.98. The number of nitrogens with zero attached hydrogens (tertiary/aromatic N) is 8. The van der Waals surface area contributed by atoms with Crippen molar-refractivity contribution >= 4 is 65.3 Å². The Morgan fingerprint density at radius 2 is 1.13 bits per heavy atom. The van der Waals surface area contributed by atoms with E-state index in [0.29, 0.717) is 0 Å². The number of nitrogen functional groups attached to an aromatic ring is 2. The van der Waals surface area contributed by atoms with Crippen molar-refractivity contribution in [1.82, 2.24) is 39.0 Å². The highest BCUT2D eigenvalue weighted by atomic mass is 31.3. The summed E-state index contributed by atoms with van der Waals surface area (Å²) >= 11 is 0. The summed E-state index contributed by atoms with van der Waals surface area (Å²) in [7, 11) is -22.8. The SMILES string of the molecule is Nc1ncnc2c1ncn2[C@@H]1O[C@H](COP(=O)(O)O[C@H]2[C@@H](O)[C@H](n3cnc4c(N)ncnc43)O[C@@H]2COP(=O)(O)OP(=O)(O)OP(=O)(O)O)[C@@H](O)[C@H]1O. The molecule has 0 saturated carbocycles. The first-order valence-electron chi connectivity index (χ1n) is 14.3. The summed E-state index contributed by atoms with van der Waals surface area (Å²) in [5, 5.41) is 32.6. The van der Waals surface area contributed by atoms with Crippen LogP contribution in [0.3, 0.4) is 0 Å². The predicted octanol–water partition coefficient (Wildman–Crippen LogP) is -2.45. The zero-order valence-electron chi connectivity index (χ0n) is 25.9. The van der Waals surface area contributed by atoms with Crippen LogP contribution in [0.15, 0.2) is 25.3 Å². The summed E-state index contributed by atoms with van der Waals surface area (Å²) in [5.74, 6) is -0.0758. The molecule has 2 fully saturated rings. The van der Waals surface area contributed by atoms with Crippen molar-refractivity contribution in [3.05, 3.63) is 25.3 Å². The van der Waals surface area contributed by atoms with Gasteiger partial charge in [0, 0.05) is 0 Å². The fourth-order valence-electron chi connectivity index (χ4n) is 5.25. The Kier molecular flexibility index (Phi) is 10.9. The fourth-order valence-corrected chi connectivity index (χ4v) is 9.24. The number of fused-ring (bicyclic) bond motifs is 2. The number of aliphatic hydroxyl groups excluding tert-OH is 3. The molecule has 12 N–H and O–H groups in total. The minimum atomic E-state index is -5.94. The van der Waals surface area contributed by atoms with Crippen molar-refractivity contribution in [2.24, 2.45) is 0 Å². The second kappa shape index (κ2) is 14.6. The Labute approximate surface area is 293 Å². The van der Waals surface area contributed by atoms with E-state index in [4.69, 9.17) is 39.8 Å². The number of phosphoric ester groups is 2. The molecule has 2 aliphatic heterocycles. The molecule has 0 bridgehead atoms. The second-order valence-electron chi connectivity index (χ2n) is 11.0. The summed E-state index contributed by atoms with van der Waals surface area (Å²) in [4.78, 5) is 71.2. The monoisotopic (exact) mass is 836 g/mol. The number of hydrogen-bond acceptors (Lipinski definition) is 22.